The van der Waals surface area contributed by atoms with Gasteiger partial charge in [-0.05, 0) is 30.4 Å². The second-order valence-corrected chi connectivity index (χ2v) is 4.62. The predicted octanol–water partition coefficient (Wildman–Crippen LogP) is 2.36. The molecule has 72 valence electrons. The lowest BCUT2D eigenvalue weighted by atomic mass is 10.0. The summed E-state index contributed by atoms with van der Waals surface area (Å²) in [5, 5.41) is 0. The zero-order valence-corrected chi connectivity index (χ0v) is 10.8. The fourth-order valence-corrected chi connectivity index (χ4v) is 2.22. The summed E-state index contributed by atoms with van der Waals surface area (Å²) in [6.07, 6.45) is 5.20. The SMILES string of the molecule is CCCCc1ccccc1CC[SiH3]. The molecule has 0 aromatic heterocycles. The van der Waals surface area contributed by atoms with Gasteiger partial charge in [-0.2, -0.15) is 0 Å². The minimum absolute atomic E-state index is 1.27. The number of hydrogen-bond donors (Lipinski definition) is 0. The fourth-order valence-electron chi connectivity index (χ4n) is 1.68. The molecule has 0 saturated heterocycles. The zero-order valence-electron chi connectivity index (χ0n) is 8.84. The van der Waals surface area contributed by atoms with Crippen LogP contribution in [-0.2, 0) is 12.8 Å². The van der Waals surface area contributed by atoms with Crippen molar-refractivity contribution in [3.63, 3.8) is 0 Å². The lowest BCUT2D eigenvalue weighted by molar-refractivity contribution is 0.787. The molecule has 0 bridgehead atoms. The highest BCUT2D eigenvalue weighted by Crippen LogP contribution is 2.13. The van der Waals surface area contributed by atoms with E-state index in [1.165, 1.54) is 42.0 Å². The van der Waals surface area contributed by atoms with Crippen LogP contribution >= 0.6 is 0 Å². The molecule has 0 aliphatic heterocycles. The van der Waals surface area contributed by atoms with Gasteiger partial charge >= 0.3 is 0 Å². The Hall–Kier alpha value is -0.563. The summed E-state index contributed by atoms with van der Waals surface area (Å²) in [5.41, 5.74) is 3.17. The van der Waals surface area contributed by atoms with Gasteiger partial charge in [0.05, 0.1) is 0 Å². The van der Waals surface area contributed by atoms with Crippen LogP contribution in [-0.4, -0.2) is 10.2 Å². The van der Waals surface area contributed by atoms with Crippen LogP contribution in [0.15, 0.2) is 24.3 Å². The second-order valence-electron chi connectivity index (χ2n) is 3.62. The number of benzene rings is 1. The molecule has 1 aromatic carbocycles. The van der Waals surface area contributed by atoms with Crippen molar-refractivity contribution < 1.29 is 0 Å². The van der Waals surface area contributed by atoms with Gasteiger partial charge in [-0.1, -0.05) is 43.7 Å². The molecular formula is C12H20Si. The maximum Gasteiger partial charge on any atom is 0.00321 e. The Balaban J connectivity index is 2.66. The van der Waals surface area contributed by atoms with Crippen LogP contribution in [0.25, 0.3) is 0 Å². The highest BCUT2D eigenvalue weighted by Gasteiger charge is 1.99. The normalized spacial score (nSPS) is 10.5. The van der Waals surface area contributed by atoms with E-state index in [1.807, 2.05) is 0 Å². The standard InChI is InChI=1S/C12H20Si/c1-2-3-6-11-7-4-5-8-12(11)9-10-13/h4-5,7-8H,2-3,6,9-10H2,1,13H3. The molecule has 0 saturated carbocycles. The monoisotopic (exact) mass is 192 g/mol. The molecule has 0 nitrogen and oxygen atoms in total. The van der Waals surface area contributed by atoms with Crippen LogP contribution in [0, 0.1) is 0 Å². The largest absolute Gasteiger partial charge is 0.0654 e. The van der Waals surface area contributed by atoms with Gasteiger partial charge in [-0.25, -0.2) is 0 Å². The highest BCUT2D eigenvalue weighted by atomic mass is 28.1. The van der Waals surface area contributed by atoms with Crippen molar-refractivity contribution in [2.45, 2.75) is 38.7 Å². The van der Waals surface area contributed by atoms with Crippen molar-refractivity contribution in [2.75, 3.05) is 0 Å². The number of unbranched alkanes of at least 4 members (excludes halogenated alkanes) is 1. The summed E-state index contributed by atoms with van der Waals surface area (Å²) in [6, 6.07) is 10.3. The molecule has 0 aliphatic rings. The van der Waals surface area contributed by atoms with Gasteiger partial charge in [0.25, 0.3) is 0 Å². The maximum absolute atomic E-state index is 2.29. The lowest BCUT2D eigenvalue weighted by Gasteiger charge is -2.07. The Morgan fingerprint density at radius 2 is 1.69 bits per heavy atom. The molecule has 13 heavy (non-hydrogen) atoms. The smallest absolute Gasteiger partial charge is 0.00321 e. The first-order valence-corrected chi connectivity index (χ1v) is 6.86. The minimum atomic E-state index is 1.27. The lowest BCUT2D eigenvalue weighted by Crippen LogP contribution is -1.93. The van der Waals surface area contributed by atoms with E-state index in [9.17, 15) is 0 Å². The molecule has 0 atom stereocenters. The van der Waals surface area contributed by atoms with Crippen molar-refractivity contribution in [2.24, 2.45) is 0 Å². The van der Waals surface area contributed by atoms with E-state index in [2.05, 4.69) is 31.2 Å². The van der Waals surface area contributed by atoms with Gasteiger partial charge in [0.1, 0.15) is 0 Å². The second kappa shape index (κ2) is 5.98. The Morgan fingerprint density at radius 3 is 2.23 bits per heavy atom. The third-order valence-corrected chi connectivity index (χ3v) is 2.94. The van der Waals surface area contributed by atoms with Crippen LogP contribution in [0.5, 0.6) is 0 Å². The third kappa shape index (κ3) is 3.35. The molecular weight excluding hydrogens is 172 g/mol. The van der Waals surface area contributed by atoms with Gasteiger partial charge in [0.2, 0.25) is 0 Å². The molecule has 0 unspecified atom stereocenters. The van der Waals surface area contributed by atoms with Crippen molar-refractivity contribution in [1.82, 2.24) is 0 Å². The summed E-state index contributed by atoms with van der Waals surface area (Å²) in [4.78, 5) is 0. The van der Waals surface area contributed by atoms with Crippen LogP contribution in [0.1, 0.15) is 30.9 Å². The van der Waals surface area contributed by atoms with Gasteiger partial charge in [-0.3, -0.25) is 0 Å². The average Bonchev–Trinajstić information content (AvgIpc) is 2.17. The fraction of sp³-hybridized carbons (Fsp3) is 0.500. The highest BCUT2D eigenvalue weighted by molar-refractivity contribution is 6.08. The van der Waals surface area contributed by atoms with Crippen LogP contribution in [0.4, 0.5) is 0 Å². The van der Waals surface area contributed by atoms with Crippen molar-refractivity contribution >= 4 is 10.2 Å². The van der Waals surface area contributed by atoms with E-state index in [-0.39, 0.29) is 0 Å². The van der Waals surface area contributed by atoms with E-state index in [0.29, 0.717) is 0 Å². The van der Waals surface area contributed by atoms with Gasteiger partial charge in [0, 0.05) is 10.2 Å². The van der Waals surface area contributed by atoms with E-state index in [1.54, 1.807) is 11.1 Å². The summed E-state index contributed by atoms with van der Waals surface area (Å²) in [6.45, 7) is 2.26. The number of hydrogen-bond acceptors (Lipinski definition) is 0. The maximum atomic E-state index is 2.29. The van der Waals surface area contributed by atoms with Crippen LogP contribution in [0.3, 0.4) is 0 Å². The minimum Gasteiger partial charge on any atom is -0.0654 e. The average molecular weight is 192 g/mol. The van der Waals surface area contributed by atoms with E-state index in [4.69, 9.17) is 0 Å². The molecule has 0 amide bonds. The Kier molecular flexibility index (Phi) is 4.84. The molecule has 1 aromatic rings. The van der Waals surface area contributed by atoms with E-state index < -0.39 is 0 Å². The molecule has 1 heteroatoms. The molecule has 0 spiro atoms. The number of aryl methyl sites for hydroxylation is 2. The molecule has 0 heterocycles. The van der Waals surface area contributed by atoms with Gasteiger partial charge in [0.15, 0.2) is 0 Å². The molecule has 0 N–H and O–H groups in total. The quantitative estimate of drug-likeness (QED) is 0.628. The Bertz CT molecular complexity index is 243. The molecule has 0 aliphatic carbocycles. The van der Waals surface area contributed by atoms with Crippen LogP contribution < -0.4 is 0 Å². The van der Waals surface area contributed by atoms with E-state index in [0.717, 1.165) is 0 Å². The van der Waals surface area contributed by atoms with E-state index >= 15 is 0 Å². The molecule has 0 radical (unpaired) electrons. The molecule has 0 fully saturated rings. The summed E-state index contributed by atoms with van der Waals surface area (Å²) < 4.78 is 0. The first-order chi connectivity index (χ1) is 6.38. The third-order valence-electron chi connectivity index (χ3n) is 2.44. The summed E-state index contributed by atoms with van der Waals surface area (Å²) >= 11 is 0. The topological polar surface area (TPSA) is 0 Å². The van der Waals surface area contributed by atoms with Crippen molar-refractivity contribution in [3.05, 3.63) is 35.4 Å². The summed E-state index contributed by atoms with van der Waals surface area (Å²) in [5.74, 6) is 0. The summed E-state index contributed by atoms with van der Waals surface area (Å²) in [7, 11) is 1.33. The number of rotatable bonds is 5. The zero-order chi connectivity index (χ0) is 9.52. The first-order valence-electron chi connectivity index (χ1n) is 5.45. The van der Waals surface area contributed by atoms with Gasteiger partial charge < -0.3 is 0 Å². The first kappa shape index (κ1) is 10.5. The van der Waals surface area contributed by atoms with Gasteiger partial charge in [-0.15, -0.1) is 0 Å². The predicted molar refractivity (Wildman–Crippen MR) is 63.5 cm³/mol. The van der Waals surface area contributed by atoms with Crippen LogP contribution in [0.2, 0.25) is 6.04 Å². The Labute approximate surface area is 84.8 Å². The van der Waals surface area contributed by atoms with Crippen molar-refractivity contribution in [3.8, 4) is 0 Å². The van der Waals surface area contributed by atoms with Crippen molar-refractivity contribution in [1.29, 1.82) is 0 Å². The Morgan fingerprint density at radius 1 is 1.08 bits per heavy atom. The molecule has 1 rings (SSSR count).